The molecule has 1 aromatic heterocycles. The Balaban J connectivity index is 1.55. The van der Waals surface area contributed by atoms with Crippen molar-refractivity contribution in [3.63, 3.8) is 0 Å². The van der Waals surface area contributed by atoms with E-state index in [1.807, 2.05) is 24.1 Å². The molecule has 0 bridgehead atoms. The van der Waals surface area contributed by atoms with Crippen molar-refractivity contribution in [2.24, 2.45) is 4.99 Å². The lowest BCUT2D eigenvalue weighted by molar-refractivity contribution is -0.124. The van der Waals surface area contributed by atoms with Crippen LogP contribution in [0.2, 0.25) is 0 Å². The van der Waals surface area contributed by atoms with Crippen molar-refractivity contribution in [1.29, 1.82) is 0 Å². The predicted molar refractivity (Wildman–Crippen MR) is 113 cm³/mol. The van der Waals surface area contributed by atoms with Crippen molar-refractivity contribution in [1.82, 2.24) is 20.1 Å². The second kappa shape index (κ2) is 7.29. The summed E-state index contributed by atoms with van der Waals surface area (Å²) < 4.78 is 0. The van der Waals surface area contributed by atoms with Crippen LogP contribution in [-0.2, 0) is 4.79 Å². The Morgan fingerprint density at radius 3 is 2.75 bits per heavy atom. The van der Waals surface area contributed by atoms with Crippen molar-refractivity contribution in [3.8, 4) is 0 Å². The Kier molecular flexibility index (Phi) is 4.64. The van der Waals surface area contributed by atoms with Crippen LogP contribution in [0.5, 0.6) is 0 Å². The normalized spacial score (nSPS) is 24.5. The molecular weight excluding hydrogens is 392 g/mol. The minimum Gasteiger partial charge on any atom is -0.337 e. The van der Waals surface area contributed by atoms with Crippen LogP contribution in [0.15, 0.2) is 50.4 Å². The molecule has 7 nitrogen and oxygen atoms in total. The molecule has 1 N–H and O–H groups in total. The minimum absolute atomic E-state index is 0.0531. The number of nitrogens with one attached hydrogen (secondary N) is 1. The lowest BCUT2D eigenvalue weighted by Crippen LogP contribution is -2.40. The zero-order valence-electron chi connectivity index (χ0n) is 15.5. The number of amidine groups is 1. The molecule has 144 valence electrons. The first-order chi connectivity index (χ1) is 13.7. The summed E-state index contributed by atoms with van der Waals surface area (Å²) in [5.74, 6) is 0.482. The molecule has 2 fully saturated rings. The number of fused-ring (bicyclic) bond motifs is 1. The average Bonchev–Trinajstić information content (AvgIpc) is 3.42. The van der Waals surface area contributed by atoms with Gasteiger partial charge in [-0.2, -0.15) is 15.1 Å². The third-order valence-electron chi connectivity index (χ3n) is 5.29. The molecular formula is C19H20N6OS2. The number of H-pyrrole nitrogens is 1. The van der Waals surface area contributed by atoms with Crippen LogP contribution in [0, 0.1) is 0 Å². The molecule has 1 aliphatic carbocycles. The molecule has 0 radical (unpaired) electrons. The Hall–Kier alpha value is -2.26. The molecule has 5 rings (SSSR count). The molecule has 0 spiro atoms. The van der Waals surface area contributed by atoms with Gasteiger partial charge in [0.05, 0.1) is 10.7 Å². The highest BCUT2D eigenvalue weighted by Gasteiger charge is 2.42. The first kappa shape index (κ1) is 17.8. The number of para-hydroxylation sites is 1. The second-order valence-corrected chi connectivity index (χ2v) is 9.04. The van der Waals surface area contributed by atoms with E-state index in [4.69, 9.17) is 0 Å². The summed E-state index contributed by atoms with van der Waals surface area (Å²) in [6.07, 6.45) is 7.02. The van der Waals surface area contributed by atoms with E-state index in [1.54, 1.807) is 11.8 Å². The number of anilines is 1. The Labute approximate surface area is 171 Å². The number of nitrogens with zero attached hydrogens (tertiary/aromatic N) is 5. The maximum absolute atomic E-state index is 13.5. The minimum atomic E-state index is 0.0531. The largest absolute Gasteiger partial charge is 0.337 e. The maximum Gasteiger partial charge on any atom is 0.269 e. The molecule has 1 saturated heterocycles. The van der Waals surface area contributed by atoms with Gasteiger partial charge in [-0.05, 0) is 36.7 Å². The van der Waals surface area contributed by atoms with E-state index >= 15 is 0 Å². The Morgan fingerprint density at radius 2 is 2.00 bits per heavy atom. The second-order valence-electron chi connectivity index (χ2n) is 7.04. The van der Waals surface area contributed by atoms with E-state index in [0.717, 1.165) is 41.3 Å². The predicted octanol–water partition coefficient (Wildman–Crippen LogP) is 4.11. The van der Waals surface area contributed by atoms with Gasteiger partial charge < -0.3 is 4.90 Å². The van der Waals surface area contributed by atoms with Crippen molar-refractivity contribution >= 4 is 46.2 Å². The fourth-order valence-electron chi connectivity index (χ4n) is 3.90. The van der Waals surface area contributed by atoms with Gasteiger partial charge in [0.1, 0.15) is 11.2 Å². The molecule has 2 aromatic rings. The summed E-state index contributed by atoms with van der Waals surface area (Å²) in [7, 11) is 2.02. The topological polar surface area (TPSA) is 77.5 Å². The van der Waals surface area contributed by atoms with Gasteiger partial charge in [0.25, 0.3) is 5.91 Å². The monoisotopic (exact) mass is 412 g/mol. The van der Waals surface area contributed by atoms with Gasteiger partial charge in [-0.25, -0.2) is 5.10 Å². The third kappa shape index (κ3) is 3.02. The van der Waals surface area contributed by atoms with E-state index in [2.05, 4.69) is 37.2 Å². The fourth-order valence-corrected chi connectivity index (χ4v) is 6.28. The first-order valence-corrected chi connectivity index (χ1v) is 11.1. The molecule has 3 heterocycles. The van der Waals surface area contributed by atoms with Gasteiger partial charge in [0, 0.05) is 18.0 Å². The van der Waals surface area contributed by atoms with Gasteiger partial charge in [0.2, 0.25) is 5.95 Å². The van der Waals surface area contributed by atoms with Gasteiger partial charge >= 0.3 is 0 Å². The summed E-state index contributed by atoms with van der Waals surface area (Å²) in [4.78, 5) is 28.2. The molecule has 1 amide bonds. The van der Waals surface area contributed by atoms with Crippen LogP contribution >= 0.6 is 23.5 Å². The van der Waals surface area contributed by atoms with Crippen molar-refractivity contribution in [2.75, 3.05) is 11.9 Å². The first-order valence-electron chi connectivity index (χ1n) is 9.43. The molecule has 1 aromatic carbocycles. The van der Waals surface area contributed by atoms with Crippen LogP contribution in [0.3, 0.4) is 0 Å². The smallest absolute Gasteiger partial charge is 0.269 e. The van der Waals surface area contributed by atoms with Crippen molar-refractivity contribution in [2.45, 2.75) is 43.0 Å². The number of hydrogen-bond donors (Lipinski definition) is 1. The van der Waals surface area contributed by atoms with Gasteiger partial charge in [-0.15, -0.1) is 0 Å². The van der Waals surface area contributed by atoms with E-state index < -0.39 is 0 Å². The van der Waals surface area contributed by atoms with Crippen LogP contribution < -0.4 is 4.90 Å². The SMILES string of the molecule is CN1/C(=C2/SC(=Nc3ncn[nH]3)N(C3CCCCC3)C2=O)Sc2ccccc21. The molecule has 9 heteroatoms. The quantitative estimate of drug-likeness (QED) is 0.748. The van der Waals surface area contributed by atoms with Crippen molar-refractivity contribution < 1.29 is 4.79 Å². The number of thioether (sulfide) groups is 2. The van der Waals surface area contributed by atoms with Gasteiger partial charge in [0.15, 0.2) is 5.17 Å². The van der Waals surface area contributed by atoms with Crippen molar-refractivity contribution in [3.05, 3.63) is 40.5 Å². The number of rotatable bonds is 2. The van der Waals surface area contributed by atoms with Crippen LogP contribution in [-0.4, -0.2) is 44.2 Å². The number of aromatic amines is 1. The Bertz CT molecular complexity index is 965. The Morgan fingerprint density at radius 1 is 1.18 bits per heavy atom. The maximum atomic E-state index is 13.5. The highest BCUT2D eigenvalue weighted by molar-refractivity contribution is 8.19. The van der Waals surface area contributed by atoms with E-state index in [9.17, 15) is 4.79 Å². The molecule has 28 heavy (non-hydrogen) atoms. The summed E-state index contributed by atoms with van der Waals surface area (Å²) in [5, 5.41) is 8.32. The van der Waals surface area contributed by atoms with Gasteiger partial charge in [-0.3, -0.25) is 9.69 Å². The van der Waals surface area contributed by atoms with E-state index in [0.29, 0.717) is 11.1 Å². The number of amides is 1. The standard InChI is InChI=1S/C19H20N6OS2/c1-24-13-9-5-6-10-14(13)27-17(24)15-16(26)25(12-7-3-2-4-8-12)19(28-15)22-18-20-11-21-23-18/h5-6,9-12H,2-4,7-8H2,1H3,(H,20,21,23)/b17-15-,22-19?. The summed E-state index contributed by atoms with van der Waals surface area (Å²) >= 11 is 3.10. The number of carbonyl (C=O) groups is 1. The fraction of sp³-hybridized carbons (Fsp3) is 0.368. The summed E-state index contributed by atoms with van der Waals surface area (Å²) in [5.41, 5.74) is 1.13. The highest BCUT2D eigenvalue weighted by atomic mass is 32.2. The summed E-state index contributed by atoms with van der Waals surface area (Å²) in [6.45, 7) is 0. The summed E-state index contributed by atoms with van der Waals surface area (Å²) in [6, 6.07) is 8.44. The molecule has 0 atom stereocenters. The van der Waals surface area contributed by atoms with Crippen LogP contribution in [0.4, 0.5) is 11.6 Å². The zero-order chi connectivity index (χ0) is 19.1. The molecule has 3 aliphatic rings. The van der Waals surface area contributed by atoms with Gasteiger partial charge in [-0.1, -0.05) is 43.2 Å². The van der Waals surface area contributed by atoms with E-state index in [1.165, 1.54) is 29.4 Å². The zero-order valence-corrected chi connectivity index (χ0v) is 17.1. The lowest BCUT2D eigenvalue weighted by atomic mass is 9.94. The molecule has 0 unspecified atom stereocenters. The van der Waals surface area contributed by atoms with Crippen LogP contribution in [0.25, 0.3) is 0 Å². The number of aliphatic imine (C=N–C) groups is 1. The number of hydrogen-bond acceptors (Lipinski definition) is 7. The average molecular weight is 413 g/mol. The number of aromatic nitrogens is 3. The molecule has 2 aliphatic heterocycles. The van der Waals surface area contributed by atoms with Crippen LogP contribution in [0.1, 0.15) is 32.1 Å². The number of benzene rings is 1. The lowest BCUT2D eigenvalue weighted by Gasteiger charge is -2.30. The highest BCUT2D eigenvalue weighted by Crippen LogP contribution is 2.50. The molecule has 1 saturated carbocycles. The third-order valence-corrected chi connectivity index (χ3v) is 7.70. The number of carbonyl (C=O) groups excluding carboxylic acids is 1. The van der Waals surface area contributed by atoms with E-state index in [-0.39, 0.29) is 11.9 Å².